The highest BCUT2D eigenvalue weighted by molar-refractivity contribution is 5.42. The van der Waals surface area contributed by atoms with Crippen LogP contribution in [-0.2, 0) is 13.1 Å². The number of nitrogens with one attached hydrogen (secondary N) is 2. The Kier molecular flexibility index (Phi) is 4.68. The second-order valence-corrected chi connectivity index (χ2v) is 4.16. The molecule has 0 aromatic carbocycles. The summed E-state index contributed by atoms with van der Waals surface area (Å²) in [6.45, 7) is 0.233. The number of tetrazole rings is 2. The van der Waals surface area contributed by atoms with Crippen LogP contribution in [0.2, 0.25) is 0 Å². The molecule has 126 valence electrons. The maximum atomic E-state index is 8.77. The molecule has 24 heavy (non-hydrogen) atoms. The number of rotatable bonds is 8. The predicted octanol–water partition coefficient (Wildman–Crippen LogP) is -3.29. The molecular formula is C8H12N14O2. The Morgan fingerprint density at radius 3 is 1.42 bits per heavy atom. The fourth-order valence-corrected chi connectivity index (χ4v) is 1.48. The second kappa shape index (κ2) is 7.24. The fourth-order valence-electron chi connectivity index (χ4n) is 1.48. The van der Waals surface area contributed by atoms with E-state index in [0.29, 0.717) is 0 Å². The molecular weight excluding hydrogens is 324 g/mol. The highest BCUT2D eigenvalue weighted by atomic mass is 16.3. The maximum absolute atomic E-state index is 8.77. The zero-order chi connectivity index (χ0) is 16.8. The maximum Gasteiger partial charge on any atom is 0.270 e. The van der Waals surface area contributed by atoms with Gasteiger partial charge in [-0.25, -0.2) is 0 Å². The third kappa shape index (κ3) is 3.87. The molecule has 0 aliphatic rings. The van der Waals surface area contributed by atoms with E-state index < -0.39 is 0 Å². The van der Waals surface area contributed by atoms with Gasteiger partial charge in [0, 0.05) is 0 Å². The molecule has 0 aliphatic carbocycles. The summed E-state index contributed by atoms with van der Waals surface area (Å²) < 4.78 is 0. The quantitative estimate of drug-likeness (QED) is 0.318. The largest absolute Gasteiger partial charge is 0.394 e. The van der Waals surface area contributed by atoms with Crippen molar-refractivity contribution in [2.24, 2.45) is 0 Å². The lowest BCUT2D eigenvalue weighted by atomic mass is 10.7. The van der Waals surface area contributed by atoms with E-state index in [4.69, 9.17) is 10.2 Å². The molecule has 3 heterocycles. The summed E-state index contributed by atoms with van der Waals surface area (Å²) in [5.41, 5.74) is 0. The molecule has 16 nitrogen and oxygen atoms in total. The van der Waals surface area contributed by atoms with Crippen LogP contribution in [0.1, 0.15) is 0 Å². The van der Waals surface area contributed by atoms with Crippen LogP contribution in [0.25, 0.3) is 0 Å². The molecule has 4 N–H and O–H groups in total. The van der Waals surface area contributed by atoms with Crippen molar-refractivity contribution in [2.75, 3.05) is 23.8 Å². The first kappa shape index (κ1) is 15.5. The van der Waals surface area contributed by atoms with Gasteiger partial charge in [0.1, 0.15) is 0 Å². The molecule has 3 aromatic heterocycles. The Labute approximate surface area is 132 Å². The summed E-state index contributed by atoms with van der Waals surface area (Å²) in [7, 11) is 0. The lowest BCUT2D eigenvalue weighted by Crippen LogP contribution is -2.08. The summed E-state index contributed by atoms with van der Waals surface area (Å²) in [5.74, 6) is 0.393. The first-order valence-corrected chi connectivity index (χ1v) is 6.65. The molecule has 0 amide bonds. The molecule has 0 saturated carbocycles. The molecule has 0 bridgehead atoms. The van der Waals surface area contributed by atoms with Gasteiger partial charge in [0.15, 0.2) is 0 Å². The first-order valence-electron chi connectivity index (χ1n) is 6.65. The summed E-state index contributed by atoms with van der Waals surface area (Å²) in [6.07, 6.45) is 0. The van der Waals surface area contributed by atoms with E-state index in [9.17, 15) is 0 Å². The topological polar surface area (TPSA) is 203 Å². The summed E-state index contributed by atoms with van der Waals surface area (Å²) in [5, 5.41) is 60.6. The number of nitrogens with zero attached hydrogens (tertiary/aromatic N) is 12. The fraction of sp³-hybridized carbons (Fsp3) is 0.500. The zero-order valence-electron chi connectivity index (χ0n) is 12.1. The lowest BCUT2D eigenvalue weighted by molar-refractivity contribution is 0.259. The van der Waals surface area contributed by atoms with Crippen LogP contribution >= 0.6 is 0 Å². The summed E-state index contributed by atoms with van der Waals surface area (Å²) in [4.78, 5) is 2.42. The van der Waals surface area contributed by atoms with E-state index in [1.54, 1.807) is 0 Å². The number of hydrogen-bond acceptors (Lipinski definition) is 14. The van der Waals surface area contributed by atoms with E-state index in [0.717, 1.165) is 0 Å². The number of aromatic nitrogens is 12. The Morgan fingerprint density at radius 1 is 0.625 bits per heavy atom. The Balaban J connectivity index is 1.59. The number of aliphatic hydroxyl groups excluding tert-OH is 2. The molecule has 3 aromatic rings. The van der Waals surface area contributed by atoms with E-state index >= 15 is 0 Å². The minimum Gasteiger partial charge on any atom is -0.394 e. The predicted molar refractivity (Wildman–Crippen MR) is 74.0 cm³/mol. The van der Waals surface area contributed by atoms with Crippen LogP contribution in [0.15, 0.2) is 0 Å². The summed E-state index contributed by atoms with van der Waals surface area (Å²) >= 11 is 0. The standard InChI is InChI=1S/C8H12N14O2/c23-3-1-21-17-7(15-19-21)9-5-11-13-6(14-12-5)10-8-16-20-22(18-8)2-4-24/h23-24H,1-4H2,(H,9,11,12,17)(H,10,13,14,18). The van der Waals surface area contributed by atoms with Gasteiger partial charge in [-0.2, -0.15) is 9.59 Å². The van der Waals surface area contributed by atoms with E-state index in [1.807, 2.05) is 0 Å². The smallest absolute Gasteiger partial charge is 0.270 e. The Hall–Kier alpha value is -3.40. The van der Waals surface area contributed by atoms with E-state index in [2.05, 4.69) is 61.8 Å². The molecule has 3 rings (SSSR count). The monoisotopic (exact) mass is 336 g/mol. The van der Waals surface area contributed by atoms with Crippen LogP contribution in [0.3, 0.4) is 0 Å². The lowest BCUT2D eigenvalue weighted by Gasteiger charge is -1.99. The molecule has 0 saturated heterocycles. The molecule has 16 heteroatoms. The van der Waals surface area contributed by atoms with Gasteiger partial charge in [-0.1, -0.05) is 10.2 Å². The highest BCUT2D eigenvalue weighted by Crippen LogP contribution is 2.06. The van der Waals surface area contributed by atoms with Crippen molar-refractivity contribution in [1.29, 1.82) is 0 Å². The molecule has 0 unspecified atom stereocenters. The summed E-state index contributed by atoms with van der Waals surface area (Å²) in [6, 6.07) is 0. The van der Waals surface area contributed by atoms with Crippen molar-refractivity contribution in [1.82, 2.24) is 60.8 Å². The minimum atomic E-state index is -0.104. The van der Waals surface area contributed by atoms with E-state index in [1.165, 1.54) is 9.59 Å². The molecule has 0 atom stereocenters. The van der Waals surface area contributed by atoms with Gasteiger partial charge in [0.2, 0.25) is 0 Å². The van der Waals surface area contributed by atoms with Crippen LogP contribution in [-0.4, -0.2) is 84.2 Å². The molecule has 0 aliphatic heterocycles. The van der Waals surface area contributed by atoms with Gasteiger partial charge in [-0.05, 0) is 10.4 Å². The normalized spacial score (nSPS) is 10.8. The molecule has 0 radical (unpaired) electrons. The number of anilines is 4. The average Bonchev–Trinajstić information content (AvgIpc) is 3.20. The Morgan fingerprint density at radius 2 is 1.04 bits per heavy atom. The first-order chi connectivity index (χ1) is 11.8. The highest BCUT2D eigenvalue weighted by Gasteiger charge is 2.08. The van der Waals surface area contributed by atoms with Crippen LogP contribution in [0.5, 0.6) is 0 Å². The van der Waals surface area contributed by atoms with Crippen LogP contribution in [0, 0.1) is 0 Å². The third-order valence-corrected chi connectivity index (χ3v) is 2.43. The van der Waals surface area contributed by atoms with Crippen molar-refractivity contribution in [3.63, 3.8) is 0 Å². The van der Waals surface area contributed by atoms with Gasteiger partial charge < -0.3 is 10.2 Å². The minimum absolute atomic E-state index is 0.0565. The van der Waals surface area contributed by atoms with Crippen molar-refractivity contribution in [2.45, 2.75) is 13.1 Å². The SMILES string of the molecule is OCCn1nnc(Nc2nnc(Nc3nnn(CCO)n3)nn2)n1. The third-order valence-electron chi connectivity index (χ3n) is 2.43. The van der Waals surface area contributed by atoms with Crippen molar-refractivity contribution < 1.29 is 10.2 Å². The second-order valence-electron chi connectivity index (χ2n) is 4.16. The van der Waals surface area contributed by atoms with Crippen molar-refractivity contribution >= 4 is 23.8 Å². The average molecular weight is 336 g/mol. The van der Waals surface area contributed by atoms with E-state index in [-0.39, 0.29) is 50.1 Å². The van der Waals surface area contributed by atoms with Crippen molar-refractivity contribution in [3.8, 4) is 0 Å². The zero-order valence-corrected chi connectivity index (χ0v) is 12.1. The van der Waals surface area contributed by atoms with Crippen molar-refractivity contribution in [3.05, 3.63) is 0 Å². The molecule has 0 spiro atoms. The number of hydrogen-bond donors (Lipinski definition) is 4. The van der Waals surface area contributed by atoms with Crippen LogP contribution in [0.4, 0.5) is 23.8 Å². The van der Waals surface area contributed by atoms with Gasteiger partial charge >= 0.3 is 0 Å². The Bertz CT molecular complexity index is 702. The molecule has 0 fully saturated rings. The number of aliphatic hydroxyl groups is 2. The van der Waals surface area contributed by atoms with Gasteiger partial charge in [-0.15, -0.1) is 30.6 Å². The van der Waals surface area contributed by atoms with Gasteiger partial charge in [0.05, 0.1) is 26.3 Å². The van der Waals surface area contributed by atoms with Gasteiger partial charge in [-0.3, -0.25) is 10.6 Å². The van der Waals surface area contributed by atoms with Crippen LogP contribution < -0.4 is 10.6 Å². The van der Waals surface area contributed by atoms with Gasteiger partial charge in [0.25, 0.3) is 23.8 Å².